The summed E-state index contributed by atoms with van der Waals surface area (Å²) in [5, 5.41) is 3.11. The minimum absolute atomic E-state index is 0.00402. The van der Waals surface area contributed by atoms with E-state index in [1.807, 2.05) is 45.0 Å². The molecule has 0 heterocycles. The Hall–Kier alpha value is -3.56. The monoisotopic (exact) mass is 571 g/mol. The first-order valence-corrected chi connectivity index (χ1v) is 14.3. The number of rotatable bonds is 11. The van der Waals surface area contributed by atoms with Gasteiger partial charge < -0.3 is 15.0 Å². The van der Waals surface area contributed by atoms with Crippen molar-refractivity contribution in [2.75, 3.05) is 18.0 Å². The van der Waals surface area contributed by atoms with Crippen LogP contribution in [0.1, 0.15) is 31.9 Å². The highest BCUT2D eigenvalue weighted by Crippen LogP contribution is 2.35. The minimum Gasteiger partial charge on any atom is -0.495 e. The molecule has 0 aromatic heterocycles. The molecule has 3 rings (SSSR count). The van der Waals surface area contributed by atoms with Crippen LogP contribution in [0.15, 0.2) is 77.7 Å². The molecule has 0 saturated heterocycles. The van der Waals surface area contributed by atoms with Gasteiger partial charge in [0.25, 0.3) is 10.0 Å². The second-order valence-corrected chi connectivity index (χ2v) is 11.8. The number of nitrogens with zero attached hydrogens (tertiary/aromatic N) is 2. The molecule has 39 heavy (non-hydrogen) atoms. The standard InChI is InChI=1S/C29H34ClN3O5S/c1-20(2)31-29(35)22(4)32(18-23-11-9-10-21(3)16-23)28(34)19-33(26-17-24(30)14-15-27(26)38-5)39(36,37)25-12-7-6-8-13-25/h6-17,20,22H,18-19H2,1-5H3,(H,31,35). The lowest BCUT2D eigenvalue weighted by molar-refractivity contribution is -0.139. The van der Waals surface area contributed by atoms with Crippen molar-refractivity contribution in [3.05, 3.63) is 88.9 Å². The molecule has 3 aromatic rings. The molecule has 0 radical (unpaired) electrons. The van der Waals surface area contributed by atoms with E-state index in [-0.39, 0.29) is 39.8 Å². The average molecular weight is 572 g/mol. The van der Waals surface area contributed by atoms with Crippen molar-refractivity contribution in [2.45, 2.75) is 51.2 Å². The quantitative estimate of drug-likeness (QED) is 0.357. The zero-order valence-electron chi connectivity index (χ0n) is 22.7. The maximum Gasteiger partial charge on any atom is 0.264 e. The average Bonchev–Trinajstić information content (AvgIpc) is 2.90. The van der Waals surface area contributed by atoms with E-state index in [9.17, 15) is 18.0 Å². The predicted molar refractivity (Wildman–Crippen MR) is 153 cm³/mol. The molecule has 1 N–H and O–H groups in total. The number of sulfonamides is 1. The van der Waals surface area contributed by atoms with Gasteiger partial charge in [-0.15, -0.1) is 0 Å². The molecule has 8 nitrogen and oxygen atoms in total. The third kappa shape index (κ3) is 7.52. The fraction of sp³-hybridized carbons (Fsp3) is 0.310. The molecule has 1 atom stereocenters. The Balaban J connectivity index is 2.09. The van der Waals surface area contributed by atoms with Crippen LogP contribution in [0, 0.1) is 6.92 Å². The van der Waals surface area contributed by atoms with Crippen LogP contribution in [0.25, 0.3) is 0 Å². The first-order valence-electron chi connectivity index (χ1n) is 12.5. The Labute approximate surface area is 235 Å². The number of amides is 2. The second-order valence-electron chi connectivity index (χ2n) is 9.49. The zero-order valence-corrected chi connectivity index (χ0v) is 24.3. The van der Waals surface area contributed by atoms with Gasteiger partial charge in [-0.1, -0.05) is 59.6 Å². The maximum absolute atomic E-state index is 14.0. The molecule has 0 spiro atoms. The molecule has 10 heteroatoms. The first-order chi connectivity index (χ1) is 18.4. The van der Waals surface area contributed by atoms with E-state index < -0.39 is 28.5 Å². The zero-order chi connectivity index (χ0) is 28.7. The molecule has 0 aliphatic carbocycles. The highest BCUT2D eigenvalue weighted by atomic mass is 35.5. The summed E-state index contributed by atoms with van der Waals surface area (Å²) in [4.78, 5) is 28.4. The van der Waals surface area contributed by atoms with Gasteiger partial charge in [-0.3, -0.25) is 13.9 Å². The van der Waals surface area contributed by atoms with E-state index in [4.69, 9.17) is 16.3 Å². The van der Waals surface area contributed by atoms with Crippen molar-refractivity contribution >= 4 is 39.1 Å². The van der Waals surface area contributed by atoms with Crippen molar-refractivity contribution in [3.63, 3.8) is 0 Å². The van der Waals surface area contributed by atoms with Crippen LogP contribution in [0.3, 0.4) is 0 Å². The van der Waals surface area contributed by atoms with Gasteiger partial charge in [-0.25, -0.2) is 8.42 Å². The van der Waals surface area contributed by atoms with E-state index in [2.05, 4.69) is 5.32 Å². The summed E-state index contributed by atoms with van der Waals surface area (Å²) in [7, 11) is -2.82. The fourth-order valence-electron chi connectivity index (χ4n) is 4.09. The number of anilines is 1. The molecule has 2 amide bonds. The smallest absolute Gasteiger partial charge is 0.264 e. The summed E-state index contributed by atoms with van der Waals surface area (Å²) < 4.78 is 34.2. The third-order valence-corrected chi connectivity index (χ3v) is 8.06. The summed E-state index contributed by atoms with van der Waals surface area (Å²) >= 11 is 6.25. The lowest BCUT2D eigenvalue weighted by atomic mass is 10.1. The van der Waals surface area contributed by atoms with Crippen molar-refractivity contribution in [1.82, 2.24) is 10.2 Å². The van der Waals surface area contributed by atoms with Gasteiger partial charge in [-0.05, 0) is 63.6 Å². The molecule has 0 aliphatic heterocycles. The van der Waals surface area contributed by atoms with Crippen LogP contribution < -0.4 is 14.4 Å². The van der Waals surface area contributed by atoms with Gasteiger partial charge in [0.15, 0.2) is 0 Å². The lowest BCUT2D eigenvalue weighted by Gasteiger charge is -2.32. The Kier molecular flexibility index (Phi) is 9.99. The number of carbonyl (C=O) groups excluding carboxylic acids is 2. The maximum atomic E-state index is 14.0. The van der Waals surface area contributed by atoms with Crippen LogP contribution in [0.2, 0.25) is 5.02 Å². The second kappa shape index (κ2) is 13.0. The van der Waals surface area contributed by atoms with Crippen LogP contribution in [0.4, 0.5) is 5.69 Å². The van der Waals surface area contributed by atoms with Crippen LogP contribution >= 0.6 is 11.6 Å². The highest BCUT2D eigenvalue weighted by Gasteiger charge is 2.34. The summed E-state index contributed by atoms with van der Waals surface area (Å²) in [6.45, 7) is 6.75. The largest absolute Gasteiger partial charge is 0.495 e. The Bertz CT molecular complexity index is 1410. The summed E-state index contributed by atoms with van der Waals surface area (Å²) in [5.41, 5.74) is 1.92. The minimum atomic E-state index is -4.23. The van der Waals surface area contributed by atoms with E-state index in [0.29, 0.717) is 0 Å². The molecule has 0 fully saturated rings. The molecule has 0 aliphatic rings. The van der Waals surface area contributed by atoms with Crippen LogP contribution in [-0.4, -0.2) is 50.9 Å². The number of hydrogen-bond donors (Lipinski definition) is 1. The third-order valence-electron chi connectivity index (χ3n) is 6.05. The Morgan fingerprint density at radius 3 is 2.28 bits per heavy atom. The number of hydrogen-bond acceptors (Lipinski definition) is 5. The highest BCUT2D eigenvalue weighted by molar-refractivity contribution is 7.92. The number of benzene rings is 3. The number of nitrogens with one attached hydrogen (secondary N) is 1. The van der Waals surface area contributed by atoms with Crippen molar-refractivity contribution < 1.29 is 22.7 Å². The van der Waals surface area contributed by atoms with Crippen LogP contribution in [-0.2, 0) is 26.2 Å². The van der Waals surface area contributed by atoms with Crippen molar-refractivity contribution in [3.8, 4) is 5.75 Å². The van der Waals surface area contributed by atoms with Crippen LogP contribution in [0.5, 0.6) is 5.75 Å². The van der Waals surface area contributed by atoms with Gasteiger partial charge in [0, 0.05) is 17.6 Å². The molecule has 1 unspecified atom stereocenters. The van der Waals surface area contributed by atoms with Crippen molar-refractivity contribution in [2.24, 2.45) is 0 Å². The van der Waals surface area contributed by atoms with Gasteiger partial charge in [-0.2, -0.15) is 0 Å². The molecular weight excluding hydrogens is 538 g/mol. The van der Waals surface area contributed by atoms with E-state index >= 15 is 0 Å². The van der Waals surface area contributed by atoms with Gasteiger partial charge in [0.2, 0.25) is 11.8 Å². The van der Waals surface area contributed by atoms with E-state index in [0.717, 1.165) is 15.4 Å². The number of methoxy groups -OCH3 is 1. The fourth-order valence-corrected chi connectivity index (χ4v) is 5.69. The molecule has 3 aromatic carbocycles. The van der Waals surface area contributed by atoms with Gasteiger partial charge in [0.1, 0.15) is 18.3 Å². The molecular formula is C29H34ClN3O5S. The lowest BCUT2D eigenvalue weighted by Crippen LogP contribution is -2.52. The van der Waals surface area contributed by atoms with E-state index in [1.165, 1.54) is 30.2 Å². The van der Waals surface area contributed by atoms with Crippen molar-refractivity contribution in [1.29, 1.82) is 0 Å². The molecule has 208 valence electrons. The van der Waals surface area contributed by atoms with Gasteiger partial charge >= 0.3 is 0 Å². The first kappa shape index (κ1) is 30.0. The van der Waals surface area contributed by atoms with E-state index in [1.54, 1.807) is 37.3 Å². The summed E-state index contributed by atoms with van der Waals surface area (Å²) in [5.74, 6) is -0.684. The molecule has 0 saturated carbocycles. The number of carbonyl (C=O) groups is 2. The topological polar surface area (TPSA) is 96.0 Å². The number of ether oxygens (including phenoxy) is 1. The SMILES string of the molecule is COc1ccc(Cl)cc1N(CC(=O)N(Cc1cccc(C)c1)C(C)C(=O)NC(C)C)S(=O)(=O)c1ccccc1. The Morgan fingerprint density at radius 1 is 0.974 bits per heavy atom. The predicted octanol–water partition coefficient (Wildman–Crippen LogP) is 4.79. The van der Waals surface area contributed by atoms with Gasteiger partial charge in [0.05, 0.1) is 17.7 Å². The Morgan fingerprint density at radius 2 is 1.67 bits per heavy atom. The molecule has 0 bridgehead atoms. The number of aryl methyl sites for hydroxylation is 1. The summed E-state index contributed by atoms with van der Waals surface area (Å²) in [6.07, 6.45) is 0. The summed E-state index contributed by atoms with van der Waals surface area (Å²) in [6, 6.07) is 18.9. The number of halogens is 1. The normalized spacial score (nSPS) is 12.1.